The fraction of sp³-hybridized carbons (Fsp3) is 0.0476. The van der Waals surface area contributed by atoms with Gasteiger partial charge in [-0.1, -0.05) is 34.1 Å². The third kappa shape index (κ3) is 6.44. The van der Waals surface area contributed by atoms with Gasteiger partial charge < -0.3 is 16.0 Å². The summed E-state index contributed by atoms with van der Waals surface area (Å²) >= 11 is 4.79. The van der Waals surface area contributed by atoms with Crippen molar-refractivity contribution in [1.82, 2.24) is 0 Å². The van der Waals surface area contributed by atoms with Gasteiger partial charge in [-0.3, -0.25) is 4.79 Å². The number of thioether (sulfide) groups is 1. The van der Waals surface area contributed by atoms with Crippen LogP contribution in [0.25, 0.3) is 0 Å². The quantitative estimate of drug-likeness (QED) is 0.409. The van der Waals surface area contributed by atoms with Crippen molar-refractivity contribution in [2.75, 3.05) is 21.7 Å². The molecule has 0 unspecified atom stereocenters. The molecule has 28 heavy (non-hydrogen) atoms. The lowest BCUT2D eigenvalue weighted by Crippen LogP contribution is -2.19. The topological polar surface area (TPSA) is 70.2 Å². The van der Waals surface area contributed by atoms with Crippen molar-refractivity contribution in [2.24, 2.45) is 0 Å². The lowest BCUT2D eigenvalue weighted by atomic mass is 10.3. The first kappa shape index (κ1) is 20.0. The largest absolute Gasteiger partial charge is 0.325 e. The van der Waals surface area contributed by atoms with Gasteiger partial charge in [0.15, 0.2) is 0 Å². The molecular formula is C21H18BrN3O2S. The molecule has 5 nitrogen and oxygen atoms in total. The van der Waals surface area contributed by atoms with E-state index in [-0.39, 0.29) is 11.9 Å². The normalized spacial score (nSPS) is 10.2. The van der Waals surface area contributed by atoms with Gasteiger partial charge in [0.05, 0.1) is 5.75 Å². The first-order valence-corrected chi connectivity index (χ1v) is 10.3. The summed E-state index contributed by atoms with van der Waals surface area (Å²) in [6.45, 7) is 0. The zero-order chi connectivity index (χ0) is 19.8. The van der Waals surface area contributed by atoms with Gasteiger partial charge >= 0.3 is 6.03 Å². The Kier molecular flexibility index (Phi) is 7.11. The summed E-state index contributed by atoms with van der Waals surface area (Å²) in [6, 6.07) is 23.7. The van der Waals surface area contributed by atoms with E-state index in [0.29, 0.717) is 11.4 Å². The standard InChI is InChI=1S/C21H18BrN3O2S/c22-15-6-8-17(9-7-15)23-20(26)14-28-19-12-10-18(11-13-19)25-21(27)24-16-4-2-1-3-5-16/h1-13H,14H2,(H,23,26)(H2,24,25,27). The van der Waals surface area contributed by atoms with Crippen molar-refractivity contribution in [3.05, 3.63) is 83.3 Å². The molecule has 3 aromatic rings. The first-order valence-electron chi connectivity index (χ1n) is 8.50. The number of para-hydroxylation sites is 1. The zero-order valence-corrected chi connectivity index (χ0v) is 17.2. The zero-order valence-electron chi connectivity index (χ0n) is 14.8. The number of carbonyl (C=O) groups is 2. The Morgan fingerprint density at radius 3 is 1.89 bits per heavy atom. The molecule has 0 aliphatic carbocycles. The van der Waals surface area contributed by atoms with E-state index < -0.39 is 0 Å². The Labute approximate surface area is 176 Å². The number of nitrogens with one attached hydrogen (secondary N) is 3. The smallest absolute Gasteiger partial charge is 0.323 e. The number of hydrogen-bond donors (Lipinski definition) is 3. The molecule has 7 heteroatoms. The van der Waals surface area contributed by atoms with Gasteiger partial charge in [0.1, 0.15) is 0 Å². The number of halogens is 1. The molecule has 0 aliphatic heterocycles. The first-order chi connectivity index (χ1) is 13.6. The molecule has 0 heterocycles. The minimum absolute atomic E-state index is 0.0724. The molecule has 0 radical (unpaired) electrons. The van der Waals surface area contributed by atoms with Gasteiger partial charge in [-0.2, -0.15) is 0 Å². The fourth-order valence-electron chi connectivity index (χ4n) is 2.33. The summed E-state index contributed by atoms with van der Waals surface area (Å²) in [4.78, 5) is 25.0. The molecule has 0 fully saturated rings. The molecular weight excluding hydrogens is 438 g/mol. The van der Waals surface area contributed by atoms with Crippen LogP contribution in [0.5, 0.6) is 0 Å². The molecule has 0 bridgehead atoms. The third-order valence-corrected chi connectivity index (χ3v) is 5.18. The number of urea groups is 1. The summed E-state index contributed by atoms with van der Waals surface area (Å²) in [5, 5.41) is 8.39. The van der Waals surface area contributed by atoms with Crippen LogP contribution in [-0.4, -0.2) is 17.7 Å². The van der Waals surface area contributed by atoms with Crippen LogP contribution in [0.3, 0.4) is 0 Å². The van der Waals surface area contributed by atoms with E-state index >= 15 is 0 Å². The number of hydrogen-bond acceptors (Lipinski definition) is 3. The van der Waals surface area contributed by atoms with Gasteiger partial charge in [0, 0.05) is 26.4 Å². The van der Waals surface area contributed by atoms with Crippen molar-refractivity contribution in [3.63, 3.8) is 0 Å². The second-order valence-electron chi connectivity index (χ2n) is 5.81. The Morgan fingerprint density at radius 1 is 0.714 bits per heavy atom. The molecule has 3 amide bonds. The lowest BCUT2D eigenvalue weighted by Gasteiger charge is -2.08. The van der Waals surface area contributed by atoms with E-state index in [1.165, 1.54) is 11.8 Å². The predicted octanol–water partition coefficient (Wildman–Crippen LogP) is 5.82. The number of rotatable bonds is 6. The van der Waals surface area contributed by atoms with Crippen LogP contribution in [0, 0.1) is 0 Å². The Balaban J connectivity index is 1.45. The van der Waals surface area contributed by atoms with Crippen LogP contribution in [0.15, 0.2) is 88.2 Å². The van der Waals surface area contributed by atoms with Crippen LogP contribution in [0.1, 0.15) is 0 Å². The minimum atomic E-state index is -0.305. The van der Waals surface area contributed by atoms with E-state index in [1.54, 1.807) is 12.1 Å². The monoisotopic (exact) mass is 455 g/mol. The van der Waals surface area contributed by atoms with Gasteiger partial charge in [-0.05, 0) is 60.7 Å². The Hall–Kier alpha value is -2.77. The number of anilines is 3. The molecule has 3 rings (SSSR count). The lowest BCUT2D eigenvalue weighted by molar-refractivity contribution is -0.113. The predicted molar refractivity (Wildman–Crippen MR) is 119 cm³/mol. The molecule has 0 saturated carbocycles. The van der Waals surface area contributed by atoms with E-state index in [4.69, 9.17) is 0 Å². The van der Waals surface area contributed by atoms with E-state index in [1.807, 2.05) is 66.7 Å². The minimum Gasteiger partial charge on any atom is -0.325 e. The highest BCUT2D eigenvalue weighted by Crippen LogP contribution is 2.21. The fourth-order valence-corrected chi connectivity index (χ4v) is 3.29. The highest BCUT2D eigenvalue weighted by molar-refractivity contribution is 9.10. The Morgan fingerprint density at radius 2 is 1.25 bits per heavy atom. The maximum absolute atomic E-state index is 12.0. The van der Waals surface area contributed by atoms with Crippen LogP contribution >= 0.6 is 27.7 Å². The number of carbonyl (C=O) groups excluding carboxylic acids is 2. The maximum Gasteiger partial charge on any atom is 0.323 e. The second kappa shape index (κ2) is 9.96. The van der Waals surface area contributed by atoms with Gasteiger partial charge in [0.2, 0.25) is 5.91 Å². The average molecular weight is 456 g/mol. The number of amides is 3. The highest BCUT2D eigenvalue weighted by Gasteiger charge is 2.05. The molecule has 3 N–H and O–H groups in total. The third-order valence-electron chi connectivity index (χ3n) is 3.64. The van der Waals surface area contributed by atoms with Crippen LogP contribution < -0.4 is 16.0 Å². The van der Waals surface area contributed by atoms with Gasteiger partial charge in [-0.15, -0.1) is 11.8 Å². The molecule has 0 spiro atoms. The molecule has 0 aromatic heterocycles. The van der Waals surface area contributed by atoms with Crippen LogP contribution in [-0.2, 0) is 4.79 Å². The van der Waals surface area contributed by atoms with Crippen molar-refractivity contribution in [3.8, 4) is 0 Å². The van der Waals surface area contributed by atoms with Crippen molar-refractivity contribution in [2.45, 2.75) is 4.90 Å². The average Bonchev–Trinajstić information content (AvgIpc) is 2.70. The maximum atomic E-state index is 12.0. The van der Waals surface area contributed by atoms with E-state index in [2.05, 4.69) is 31.9 Å². The molecule has 142 valence electrons. The summed E-state index contributed by atoms with van der Waals surface area (Å²) in [5.74, 6) is 0.230. The van der Waals surface area contributed by atoms with E-state index in [0.717, 1.165) is 20.7 Å². The summed E-state index contributed by atoms with van der Waals surface area (Å²) in [6.07, 6.45) is 0. The Bertz CT molecular complexity index is 932. The van der Waals surface area contributed by atoms with Crippen molar-refractivity contribution in [1.29, 1.82) is 0 Å². The molecule has 3 aromatic carbocycles. The van der Waals surface area contributed by atoms with E-state index in [9.17, 15) is 9.59 Å². The van der Waals surface area contributed by atoms with Crippen molar-refractivity contribution < 1.29 is 9.59 Å². The van der Waals surface area contributed by atoms with Crippen LogP contribution in [0.2, 0.25) is 0 Å². The van der Waals surface area contributed by atoms with Crippen molar-refractivity contribution >= 4 is 56.7 Å². The van der Waals surface area contributed by atoms with Gasteiger partial charge in [0.25, 0.3) is 0 Å². The molecule has 0 aliphatic rings. The summed E-state index contributed by atoms with van der Waals surface area (Å²) in [7, 11) is 0. The number of benzene rings is 3. The SMILES string of the molecule is O=C(CSc1ccc(NC(=O)Nc2ccccc2)cc1)Nc1ccc(Br)cc1. The molecule has 0 atom stereocenters. The van der Waals surface area contributed by atoms with Gasteiger partial charge in [-0.25, -0.2) is 4.79 Å². The molecule has 0 saturated heterocycles. The second-order valence-corrected chi connectivity index (χ2v) is 7.78. The summed E-state index contributed by atoms with van der Waals surface area (Å²) in [5.41, 5.74) is 2.17. The highest BCUT2D eigenvalue weighted by atomic mass is 79.9. The van der Waals surface area contributed by atoms with Crippen LogP contribution in [0.4, 0.5) is 21.9 Å². The summed E-state index contributed by atoms with van der Waals surface area (Å²) < 4.78 is 0.964.